The lowest BCUT2D eigenvalue weighted by Gasteiger charge is -2.03. The summed E-state index contributed by atoms with van der Waals surface area (Å²) in [5.41, 5.74) is 0. The van der Waals surface area contributed by atoms with E-state index in [1.807, 2.05) is 0 Å². The first-order valence-corrected chi connectivity index (χ1v) is 9.70. The molecule has 1 aliphatic rings. The van der Waals surface area contributed by atoms with E-state index in [1.54, 1.807) is 0 Å². The predicted molar refractivity (Wildman–Crippen MR) is 94.4 cm³/mol. The van der Waals surface area contributed by atoms with Crippen molar-refractivity contribution in [2.75, 3.05) is 26.2 Å². The highest BCUT2D eigenvalue weighted by molar-refractivity contribution is 5.50. The van der Waals surface area contributed by atoms with Crippen molar-refractivity contribution >= 4 is 6.34 Å². The van der Waals surface area contributed by atoms with Crippen LogP contribution in [0.25, 0.3) is 0 Å². The van der Waals surface area contributed by atoms with Gasteiger partial charge in [0.25, 0.3) is 0 Å². The van der Waals surface area contributed by atoms with E-state index in [2.05, 4.69) is 29.7 Å². The minimum absolute atomic E-state index is 1.25. The van der Waals surface area contributed by atoms with Crippen molar-refractivity contribution in [3.8, 4) is 0 Å². The fraction of sp³-hybridized carbons (Fsp3) is 0.947. The highest BCUT2D eigenvalue weighted by Crippen LogP contribution is 2.10. The van der Waals surface area contributed by atoms with E-state index in [4.69, 9.17) is 0 Å². The standard InChI is InChI=1S/C19H39N2/c1-3-5-7-8-9-10-11-12-13-14-16-21-18-17-20(19-21)15-6-4-2/h19H,3-18H2,1-2H3/q+1. The zero-order chi connectivity index (χ0) is 15.2. The highest BCUT2D eigenvalue weighted by Gasteiger charge is 2.17. The number of hydrogen-bond donors (Lipinski definition) is 0. The topological polar surface area (TPSA) is 6.25 Å². The summed E-state index contributed by atoms with van der Waals surface area (Å²) in [5, 5.41) is 0. The quantitative estimate of drug-likeness (QED) is 0.320. The molecule has 2 nitrogen and oxygen atoms in total. The van der Waals surface area contributed by atoms with Gasteiger partial charge in [0.1, 0.15) is 13.1 Å². The largest absolute Gasteiger partial charge is 0.264 e. The summed E-state index contributed by atoms with van der Waals surface area (Å²) in [5.74, 6) is 0. The minimum Gasteiger partial charge on any atom is -0.264 e. The van der Waals surface area contributed by atoms with Crippen LogP contribution in [-0.4, -0.2) is 42.0 Å². The summed E-state index contributed by atoms with van der Waals surface area (Å²) >= 11 is 0. The van der Waals surface area contributed by atoms with Crippen LogP contribution in [0.5, 0.6) is 0 Å². The molecule has 1 rings (SSSR count). The van der Waals surface area contributed by atoms with E-state index < -0.39 is 0 Å². The van der Waals surface area contributed by atoms with Gasteiger partial charge in [-0.15, -0.1) is 0 Å². The molecule has 0 spiro atoms. The lowest BCUT2D eigenvalue weighted by Crippen LogP contribution is -2.20. The van der Waals surface area contributed by atoms with Crippen LogP contribution < -0.4 is 0 Å². The molecule has 0 amide bonds. The molecule has 21 heavy (non-hydrogen) atoms. The van der Waals surface area contributed by atoms with Gasteiger partial charge in [0.15, 0.2) is 0 Å². The Balaban J connectivity index is 1.86. The monoisotopic (exact) mass is 295 g/mol. The van der Waals surface area contributed by atoms with Gasteiger partial charge in [-0.25, -0.2) is 0 Å². The van der Waals surface area contributed by atoms with Gasteiger partial charge < -0.3 is 0 Å². The maximum absolute atomic E-state index is 2.53. The smallest absolute Gasteiger partial charge is 0.234 e. The van der Waals surface area contributed by atoms with Gasteiger partial charge in [0, 0.05) is 0 Å². The zero-order valence-electron chi connectivity index (χ0n) is 14.8. The van der Waals surface area contributed by atoms with Crippen LogP contribution in [0.1, 0.15) is 90.9 Å². The van der Waals surface area contributed by atoms with Crippen LogP contribution in [0.15, 0.2) is 0 Å². The van der Waals surface area contributed by atoms with Crippen LogP contribution in [0, 0.1) is 0 Å². The Kier molecular flexibility index (Phi) is 11.6. The molecule has 0 atom stereocenters. The Morgan fingerprint density at radius 3 is 1.95 bits per heavy atom. The van der Waals surface area contributed by atoms with E-state index >= 15 is 0 Å². The van der Waals surface area contributed by atoms with Crippen molar-refractivity contribution in [3.63, 3.8) is 0 Å². The minimum atomic E-state index is 1.25. The molecule has 0 fully saturated rings. The van der Waals surface area contributed by atoms with Crippen LogP contribution in [0.3, 0.4) is 0 Å². The van der Waals surface area contributed by atoms with Gasteiger partial charge in [0.05, 0.1) is 13.1 Å². The van der Waals surface area contributed by atoms with Gasteiger partial charge in [-0.2, -0.15) is 0 Å². The van der Waals surface area contributed by atoms with Crippen molar-refractivity contribution in [1.82, 2.24) is 4.90 Å². The third kappa shape index (κ3) is 9.92. The summed E-state index contributed by atoms with van der Waals surface area (Å²) in [4.78, 5) is 2.50. The van der Waals surface area contributed by atoms with E-state index in [1.165, 1.54) is 103 Å². The van der Waals surface area contributed by atoms with Crippen molar-refractivity contribution in [3.05, 3.63) is 0 Å². The fourth-order valence-corrected chi connectivity index (χ4v) is 3.11. The Labute approximate surface area is 133 Å². The predicted octanol–water partition coefficient (Wildman–Crippen LogP) is 5.06. The first kappa shape index (κ1) is 18.5. The van der Waals surface area contributed by atoms with Crippen LogP contribution in [-0.2, 0) is 0 Å². The molecule has 1 heterocycles. The maximum atomic E-state index is 2.53. The molecule has 0 saturated heterocycles. The fourth-order valence-electron chi connectivity index (χ4n) is 3.11. The second-order valence-electron chi connectivity index (χ2n) is 6.72. The summed E-state index contributed by atoms with van der Waals surface area (Å²) < 4.78 is 2.53. The lowest BCUT2D eigenvalue weighted by atomic mass is 10.1. The summed E-state index contributed by atoms with van der Waals surface area (Å²) in [6, 6.07) is 0. The molecule has 0 unspecified atom stereocenters. The molecule has 0 N–H and O–H groups in total. The number of nitrogens with zero attached hydrogens (tertiary/aromatic N) is 2. The van der Waals surface area contributed by atoms with Crippen molar-refractivity contribution < 1.29 is 4.58 Å². The van der Waals surface area contributed by atoms with E-state index in [0.29, 0.717) is 0 Å². The molecule has 124 valence electrons. The van der Waals surface area contributed by atoms with Crippen molar-refractivity contribution in [2.24, 2.45) is 0 Å². The van der Waals surface area contributed by atoms with Gasteiger partial charge in [-0.3, -0.25) is 9.48 Å². The summed E-state index contributed by atoms with van der Waals surface area (Å²) in [6.45, 7) is 9.60. The first-order chi connectivity index (χ1) is 10.4. The molecule has 0 radical (unpaired) electrons. The molecule has 0 aliphatic carbocycles. The third-order valence-electron chi connectivity index (χ3n) is 4.60. The van der Waals surface area contributed by atoms with Gasteiger partial charge in [-0.1, -0.05) is 71.6 Å². The van der Waals surface area contributed by atoms with Gasteiger partial charge in [0.2, 0.25) is 6.34 Å². The van der Waals surface area contributed by atoms with E-state index in [-0.39, 0.29) is 0 Å². The Morgan fingerprint density at radius 1 is 0.762 bits per heavy atom. The molecular weight excluding hydrogens is 256 g/mol. The van der Waals surface area contributed by atoms with Crippen LogP contribution in [0.4, 0.5) is 0 Å². The van der Waals surface area contributed by atoms with E-state index in [9.17, 15) is 0 Å². The Hall–Kier alpha value is -0.530. The van der Waals surface area contributed by atoms with Crippen LogP contribution >= 0.6 is 0 Å². The Bertz CT molecular complexity index is 260. The average molecular weight is 296 g/mol. The molecule has 0 aromatic carbocycles. The van der Waals surface area contributed by atoms with Gasteiger partial charge >= 0.3 is 0 Å². The number of unbranched alkanes of at least 4 members (excludes halogenated alkanes) is 10. The SMILES string of the molecule is CCCCCCCCCCCC[N+]1=CN(CCCC)CC1. The van der Waals surface area contributed by atoms with Crippen molar-refractivity contribution in [2.45, 2.75) is 90.9 Å². The molecule has 0 aromatic rings. The summed E-state index contributed by atoms with van der Waals surface area (Å²) in [6.07, 6.45) is 19.4. The van der Waals surface area contributed by atoms with E-state index in [0.717, 1.165) is 0 Å². The third-order valence-corrected chi connectivity index (χ3v) is 4.60. The lowest BCUT2D eigenvalue weighted by molar-refractivity contribution is -0.514. The Morgan fingerprint density at radius 2 is 1.33 bits per heavy atom. The molecular formula is C19H39N2+. The number of rotatable bonds is 14. The molecule has 0 aromatic heterocycles. The molecule has 0 saturated carbocycles. The highest BCUT2D eigenvalue weighted by atomic mass is 15.3. The molecule has 2 heteroatoms. The first-order valence-electron chi connectivity index (χ1n) is 9.70. The maximum Gasteiger partial charge on any atom is 0.234 e. The van der Waals surface area contributed by atoms with Crippen LogP contribution in [0.2, 0.25) is 0 Å². The number of hydrogen-bond acceptors (Lipinski definition) is 1. The molecule has 1 aliphatic heterocycles. The average Bonchev–Trinajstić information content (AvgIpc) is 2.95. The second-order valence-corrected chi connectivity index (χ2v) is 6.72. The van der Waals surface area contributed by atoms with Gasteiger partial charge in [-0.05, 0) is 19.3 Å². The normalized spacial score (nSPS) is 14.8. The second kappa shape index (κ2) is 13.2. The zero-order valence-corrected chi connectivity index (χ0v) is 14.8. The summed E-state index contributed by atoms with van der Waals surface area (Å²) in [7, 11) is 0. The van der Waals surface area contributed by atoms with Crippen molar-refractivity contribution in [1.29, 1.82) is 0 Å². The molecule has 0 bridgehead atoms.